The minimum Gasteiger partial charge on any atom is -0.389 e. The van der Waals surface area contributed by atoms with Gasteiger partial charge in [-0.15, -0.1) is 0 Å². The Kier molecular flexibility index (Phi) is 12.9. The highest BCUT2D eigenvalue weighted by molar-refractivity contribution is 5.28. The zero-order chi connectivity index (χ0) is 15.9. The summed E-state index contributed by atoms with van der Waals surface area (Å²) in [4.78, 5) is 0. The number of aliphatic hydroxyl groups is 2. The van der Waals surface area contributed by atoms with Crippen LogP contribution < -0.4 is 0 Å². The van der Waals surface area contributed by atoms with Crippen LogP contribution in [-0.4, -0.2) is 35.6 Å². The minimum atomic E-state index is -0.848. The number of hydrogen-bond donors (Lipinski definition) is 2. The monoisotopic (exact) mass is 292 g/mol. The summed E-state index contributed by atoms with van der Waals surface area (Å²) in [5, 5.41) is 19.1. The van der Waals surface area contributed by atoms with E-state index in [1.54, 1.807) is 7.11 Å². The summed E-state index contributed by atoms with van der Waals surface area (Å²) < 4.78 is 5.32. The number of methoxy groups -OCH3 is 1. The van der Waals surface area contributed by atoms with Crippen molar-refractivity contribution in [2.24, 2.45) is 0 Å². The Labute approximate surface area is 129 Å². The summed E-state index contributed by atoms with van der Waals surface area (Å²) >= 11 is 0. The van der Waals surface area contributed by atoms with E-state index in [2.05, 4.69) is 37.2 Å². The predicted molar refractivity (Wildman–Crippen MR) is 86.6 cm³/mol. The van der Waals surface area contributed by atoms with Gasteiger partial charge >= 0.3 is 0 Å². The Bertz CT molecular complexity index is 381. The first-order valence-electron chi connectivity index (χ1n) is 7.65. The van der Waals surface area contributed by atoms with Crippen LogP contribution >= 0.6 is 0 Å². The molecule has 0 aliphatic rings. The van der Waals surface area contributed by atoms with Gasteiger partial charge in [0.15, 0.2) is 0 Å². The van der Waals surface area contributed by atoms with Crippen LogP contribution in [0.15, 0.2) is 12.7 Å². The van der Waals surface area contributed by atoms with E-state index in [-0.39, 0.29) is 6.10 Å². The molecule has 0 spiro atoms. The van der Waals surface area contributed by atoms with Crippen LogP contribution in [0.25, 0.3) is 0 Å². The molecule has 3 atom stereocenters. The van der Waals surface area contributed by atoms with Gasteiger partial charge in [0.05, 0.1) is 12.2 Å². The normalized spacial score (nSPS) is 14.1. The van der Waals surface area contributed by atoms with Crippen LogP contribution in [-0.2, 0) is 4.74 Å². The van der Waals surface area contributed by atoms with Crippen molar-refractivity contribution in [3.05, 3.63) is 12.7 Å². The van der Waals surface area contributed by atoms with Crippen molar-refractivity contribution in [3.8, 4) is 23.7 Å². The fourth-order valence-corrected chi connectivity index (χ4v) is 1.92. The molecule has 0 bridgehead atoms. The minimum absolute atomic E-state index is 0.173. The number of aliphatic hydroxyl groups excluding tert-OH is 2. The highest BCUT2D eigenvalue weighted by atomic mass is 16.5. The standard InChI is InChI=1S/C18H28O3/c1-4-6-7-8-12-15-18(21-3)17(20)14-11-9-10-13-16(19)5-2/h5,16-20H,2,4,6-8,12,14-15H2,1,3H3/t16-,17+,18+/m0/s1. The Morgan fingerprint density at radius 2 is 1.86 bits per heavy atom. The summed E-state index contributed by atoms with van der Waals surface area (Å²) in [5.74, 6) is 10.4. The van der Waals surface area contributed by atoms with E-state index in [9.17, 15) is 5.11 Å². The van der Waals surface area contributed by atoms with E-state index in [0.29, 0.717) is 6.42 Å². The van der Waals surface area contributed by atoms with Crippen LogP contribution in [0.2, 0.25) is 0 Å². The van der Waals surface area contributed by atoms with Crippen LogP contribution in [0.3, 0.4) is 0 Å². The molecule has 0 heterocycles. The molecule has 0 rings (SSSR count). The predicted octanol–water partition coefficient (Wildman–Crippen LogP) is 2.67. The second-order valence-electron chi connectivity index (χ2n) is 5.00. The molecule has 3 heteroatoms. The lowest BCUT2D eigenvalue weighted by Gasteiger charge is -2.19. The second kappa shape index (κ2) is 13.7. The van der Waals surface area contributed by atoms with E-state index in [1.807, 2.05) is 0 Å². The van der Waals surface area contributed by atoms with Crippen molar-refractivity contribution in [2.75, 3.05) is 7.11 Å². The van der Waals surface area contributed by atoms with E-state index >= 15 is 0 Å². The van der Waals surface area contributed by atoms with Gasteiger partial charge in [-0.1, -0.05) is 63.5 Å². The Morgan fingerprint density at radius 1 is 1.14 bits per heavy atom. The first-order chi connectivity index (χ1) is 10.2. The largest absolute Gasteiger partial charge is 0.389 e. The Balaban J connectivity index is 4.03. The SMILES string of the molecule is C=C[C@H](O)C#CC#CC[C@@H](O)[C@@H](CCCCCCC)OC. The average molecular weight is 292 g/mol. The molecule has 118 valence electrons. The maximum Gasteiger partial charge on any atom is 0.134 e. The van der Waals surface area contributed by atoms with Crippen molar-refractivity contribution in [1.29, 1.82) is 0 Å². The first-order valence-corrected chi connectivity index (χ1v) is 7.65. The molecule has 0 amide bonds. The van der Waals surface area contributed by atoms with E-state index in [1.165, 1.54) is 31.8 Å². The van der Waals surface area contributed by atoms with Crippen molar-refractivity contribution in [2.45, 2.75) is 70.2 Å². The average Bonchev–Trinajstić information content (AvgIpc) is 2.50. The first kappa shape index (κ1) is 19.7. The lowest BCUT2D eigenvalue weighted by molar-refractivity contribution is -0.0146. The van der Waals surface area contributed by atoms with Gasteiger partial charge in [0.1, 0.15) is 6.10 Å². The van der Waals surface area contributed by atoms with Crippen molar-refractivity contribution < 1.29 is 14.9 Å². The molecular formula is C18H28O3. The lowest BCUT2D eigenvalue weighted by atomic mass is 10.0. The third kappa shape index (κ3) is 11.1. The van der Waals surface area contributed by atoms with Gasteiger partial charge in [-0.05, 0) is 18.3 Å². The van der Waals surface area contributed by atoms with Crippen molar-refractivity contribution >= 4 is 0 Å². The molecular weight excluding hydrogens is 264 g/mol. The lowest BCUT2D eigenvalue weighted by Crippen LogP contribution is -2.27. The molecule has 0 aliphatic carbocycles. The molecule has 0 fully saturated rings. The van der Waals surface area contributed by atoms with E-state index in [0.717, 1.165) is 12.8 Å². The van der Waals surface area contributed by atoms with Gasteiger partial charge < -0.3 is 14.9 Å². The molecule has 3 nitrogen and oxygen atoms in total. The van der Waals surface area contributed by atoms with Crippen LogP contribution in [0.5, 0.6) is 0 Å². The van der Waals surface area contributed by atoms with E-state index < -0.39 is 12.2 Å². The number of hydrogen-bond acceptors (Lipinski definition) is 3. The van der Waals surface area contributed by atoms with Crippen LogP contribution in [0, 0.1) is 23.7 Å². The third-order valence-electron chi connectivity index (χ3n) is 3.23. The summed E-state index contributed by atoms with van der Waals surface area (Å²) in [6.45, 7) is 5.60. The maximum atomic E-state index is 10.0. The molecule has 0 aromatic carbocycles. The third-order valence-corrected chi connectivity index (χ3v) is 3.23. The molecule has 0 saturated heterocycles. The summed E-state index contributed by atoms with van der Waals surface area (Å²) in [6, 6.07) is 0. The fourth-order valence-electron chi connectivity index (χ4n) is 1.92. The molecule has 0 saturated carbocycles. The van der Waals surface area contributed by atoms with Crippen molar-refractivity contribution in [1.82, 2.24) is 0 Å². The Hall–Kier alpha value is -1.26. The van der Waals surface area contributed by atoms with Gasteiger partial charge in [-0.2, -0.15) is 0 Å². The van der Waals surface area contributed by atoms with Gasteiger partial charge in [0, 0.05) is 13.5 Å². The zero-order valence-electron chi connectivity index (χ0n) is 13.3. The molecule has 21 heavy (non-hydrogen) atoms. The topological polar surface area (TPSA) is 49.7 Å². The maximum absolute atomic E-state index is 10.0. The number of ether oxygens (including phenoxy) is 1. The number of rotatable bonds is 10. The van der Waals surface area contributed by atoms with Gasteiger partial charge in [-0.25, -0.2) is 0 Å². The van der Waals surface area contributed by atoms with Crippen LogP contribution in [0.1, 0.15) is 51.9 Å². The highest BCUT2D eigenvalue weighted by Crippen LogP contribution is 2.13. The summed E-state index contributed by atoms with van der Waals surface area (Å²) in [5.41, 5.74) is 0. The van der Waals surface area contributed by atoms with Gasteiger partial charge in [0.2, 0.25) is 0 Å². The molecule has 2 N–H and O–H groups in total. The molecule has 0 unspecified atom stereocenters. The number of unbranched alkanes of at least 4 members (excludes halogenated alkanes) is 4. The highest BCUT2D eigenvalue weighted by Gasteiger charge is 2.16. The quantitative estimate of drug-likeness (QED) is 0.370. The summed E-state index contributed by atoms with van der Waals surface area (Å²) in [7, 11) is 1.62. The van der Waals surface area contributed by atoms with Crippen molar-refractivity contribution in [3.63, 3.8) is 0 Å². The molecule has 0 aromatic rings. The summed E-state index contributed by atoms with van der Waals surface area (Å²) in [6.07, 6.45) is 6.87. The molecule has 0 aromatic heterocycles. The molecule has 0 aliphatic heterocycles. The fraction of sp³-hybridized carbons (Fsp3) is 0.667. The second-order valence-corrected chi connectivity index (χ2v) is 5.00. The van der Waals surface area contributed by atoms with Gasteiger partial charge in [0.25, 0.3) is 0 Å². The Morgan fingerprint density at radius 3 is 2.48 bits per heavy atom. The van der Waals surface area contributed by atoms with Crippen LogP contribution in [0.4, 0.5) is 0 Å². The smallest absolute Gasteiger partial charge is 0.134 e. The van der Waals surface area contributed by atoms with Gasteiger partial charge in [-0.3, -0.25) is 0 Å². The van der Waals surface area contributed by atoms with E-state index in [4.69, 9.17) is 9.84 Å². The molecule has 0 radical (unpaired) electrons. The zero-order valence-corrected chi connectivity index (χ0v) is 13.3.